The molecule has 0 saturated heterocycles. The van der Waals surface area contributed by atoms with E-state index in [4.69, 9.17) is 0 Å². The predicted molar refractivity (Wildman–Crippen MR) is 77.3 cm³/mol. The van der Waals surface area contributed by atoms with Gasteiger partial charge in [-0.3, -0.25) is 4.79 Å². The number of hydrogen-bond acceptors (Lipinski definition) is 1. The van der Waals surface area contributed by atoms with Gasteiger partial charge in [-0.05, 0) is 6.42 Å². The Morgan fingerprint density at radius 2 is 1.24 bits per heavy atom. The van der Waals surface area contributed by atoms with Crippen molar-refractivity contribution in [1.29, 1.82) is 0 Å². The Labute approximate surface area is 109 Å². The highest BCUT2D eigenvalue weighted by Gasteiger charge is 1.97. The van der Waals surface area contributed by atoms with E-state index in [1.54, 1.807) is 7.05 Å². The van der Waals surface area contributed by atoms with Crippen LogP contribution in [0.4, 0.5) is 0 Å². The van der Waals surface area contributed by atoms with Gasteiger partial charge >= 0.3 is 0 Å². The second kappa shape index (κ2) is 13.5. The zero-order valence-corrected chi connectivity index (χ0v) is 11.9. The molecule has 0 aliphatic carbocycles. The first-order valence-corrected chi connectivity index (χ1v) is 7.51. The third kappa shape index (κ3) is 13.4. The Hall–Kier alpha value is -0.530. The number of nitrogens with one attached hydrogen (secondary N) is 1. The van der Waals surface area contributed by atoms with Crippen LogP contribution in [0.15, 0.2) is 0 Å². The summed E-state index contributed by atoms with van der Waals surface area (Å²) in [6, 6.07) is 0. The fraction of sp³-hybridized carbons (Fsp3) is 0.933. The van der Waals surface area contributed by atoms with Gasteiger partial charge in [-0.25, -0.2) is 0 Å². The molecular formula is C15H33NO. The van der Waals surface area contributed by atoms with Crippen molar-refractivity contribution in [2.75, 3.05) is 7.05 Å². The minimum absolute atomic E-state index is 0. The molecule has 0 rings (SSSR count). The van der Waals surface area contributed by atoms with Crippen LogP contribution < -0.4 is 5.32 Å². The molecular weight excluding hydrogens is 210 g/mol. The van der Waals surface area contributed by atoms with Crippen LogP contribution in [0, 0.1) is 0 Å². The van der Waals surface area contributed by atoms with Gasteiger partial charge in [-0.15, -0.1) is 0 Å². The fourth-order valence-electron chi connectivity index (χ4n) is 2.07. The molecule has 0 saturated carbocycles. The molecule has 0 aliphatic heterocycles. The van der Waals surface area contributed by atoms with Gasteiger partial charge in [0.25, 0.3) is 0 Å². The van der Waals surface area contributed by atoms with E-state index in [0.29, 0.717) is 6.42 Å². The lowest BCUT2D eigenvalue weighted by Crippen LogP contribution is -2.16. The van der Waals surface area contributed by atoms with Crippen LogP contribution in [0.3, 0.4) is 0 Å². The molecule has 2 heteroatoms. The van der Waals surface area contributed by atoms with Crippen molar-refractivity contribution in [3.8, 4) is 0 Å². The molecule has 1 N–H and O–H groups in total. The number of rotatable bonds is 12. The summed E-state index contributed by atoms with van der Waals surface area (Å²) in [6.07, 6.45) is 15.4. The van der Waals surface area contributed by atoms with Crippen molar-refractivity contribution in [2.24, 2.45) is 0 Å². The van der Waals surface area contributed by atoms with E-state index >= 15 is 0 Å². The van der Waals surface area contributed by atoms with Gasteiger partial charge in [0.1, 0.15) is 0 Å². The van der Waals surface area contributed by atoms with Gasteiger partial charge in [0.05, 0.1) is 0 Å². The smallest absolute Gasteiger partial charge is 0.219 e. The molecule has 0 atom stereocenters. The topological polar surface area (TPSA) is 29.1 Å². The second-order valence-electron chi connectivity index (χ2n) is 4.96. The first-order valence-electron chi connectivity index (χ1n) is 7.51. The summed E-state index contributed by atoms with van der Waals surface area (Å²) in [7, 11) is 1.71. The van der Waals surface area contributed by atoms with Gasteiger partial charge < -0.3 is 5.32 Å². The third-order valence-electron chi connectivity index (χ3n) is 3.29. The molecule has 0 aromatic rings. The predicted octanol–water partition coefficient (Wildman–Crippen LogP) is 4.68. The lowest BCUT2D eigenvalue weighted by molar-refractivity contribution is -0.120. The highest BCUT2D eigenvalue weighted by molar-refractivity contribution is 5.75. The molecule has 0 bridgehead atoms. The normalized spacial score (nSPS) is 10.5. The van der Waals surface area contributed by atoms with Gasteiger partial charge in [0, 0.05) is 14.9 Å². The van der Waals surface area contributed by atoms with E-state index in [9.17, 15) is 4.79 Å². The Bertz CT molecular complexity index is 174. The van der Waals surface area contributed by atoms with Crippen LogP contribution in [0.2, 0.25) is 0 Å². The van der Waals surface area contributed by atoms with E-state index in [0.717, 1.165) is 6.42 Å². The summed E-state index contributed by atoms with van der Waals surface area (Å²) >= 11 is 0. The van der Waals surface area contributed by atoms with Gasteiger partial charge in [0.15, 0.2) is 0 Å². The first kappa shape index (κ1) is 16.5. The number of unbranched alkanes of at least 4 members (excludes halogenated alkanes) is 10. The fourth-order valence-corrected chi connectivity index (χ4v) is 2.07. The van der Waals surface area contributed by atoms with Gasteiger partial charge in [0.2, 0.25) is 5.91 Å². The number of carbonyl (C=O) groups is 1. The first-order chi connectivity index (χ1) is 8.31. The molecule has 0 aromatic carbocycles. The van der Waals surface area contributed by atoms with Crippen LogP contribution in [0.1, 0.15) is 85.4 Å². The SMILES string of the molecule is CCCCCCCCCCCCCC(=O)NC.[HH]. The second-order valence-corrected chi connectivity index (χ2v) is 4.96. The number of hydrogen-bond donors (Lipinski definition) is 1. The molecule has 0 aromatic heterocycles. The van der Waals surface area contributed by atoms with E-state index in [-0.39, 0.29) is 7.33 Å². The summed E-state index contributed by atoms with van der Waals surface area (Å²) in [5.74, 6) is 0.181. The Kier molecular flexibility index (Phi) is 13.1. The van der Waals surface area contributed by atoms with Crippen LogP contribution in [0.25, 0.3) is 0 Å². The van der Waals surface area contributed by atoms with Crippen LogP contribution in [0.5, 0.6) is 0 Å². The molecule has 2 nitrogen and oxygen atoms in total. The molecule has 0 spiro atoms. The number of carbonyl (C=O) groups excluding carboxylic acids is 1. The maximum absolute atomic E-state index is 11.0. The summed E-state index contributed by atoms with van der Waals surface area (Å²) in [5.41, 5.74) is 0. The van der Waals surface area contributed by atoms with Crippen molar-refractivity contribution in [3.05, 3.63) is 0 Å². The molecule has 0 aliphatic rings. The summed E-state index contributed by atoms with van der Waals surface area (Å²) < 4.78 is 0. The van der Waals surface area contributed by atoms with Gasteiger partial charge in [-0.1, -0.05) is 71.1 Å². The van der Waals surface area contributed by atoms with E-state index in [1.807, 2.05) is 0 Å². The molecule has 17 heavy (non-hydrogen) atoms. The van der Waals surface area contributed by atoms with Crippen LogP contribution in [-0.4, -0.2) is 13.0 Å². The maximum atomic E-state index is 11.0. The molecule has 0 unspecified atom stereocenters. The molecule has 0 radical (unpaired) electrons. The van der Waals surface area contributed by atoms with E-state index in [1.165, 1.54) is 64.2 Å². The van der Waals surface area contributed by atoms with Gasteiger partial charge in [-0.2, -0.15) is 0 Å². The largest absolute Gasteiger partial charge is 0.359 e. The molecule has 1 amide bonds. The molecule has 0 fully saturated rings. The quantitative estimate of drug-likeness (QED) is 0.495. The zero-order valence-electron chi connectivity index (χ0n) is 11.9. The van der Waals surface area contributed by atoms with Crippen molar-refractivity contribution in [2.45, 2.75) is 84.0 Å². The van der Waals surface area contributed by atoms with Crippen LogP contribution in [-0.2, 0) is 4.79 Å². The molecule has 104 valence electrons. The summed E-state index contributed by atoms with van der Waals surface area (Å²) in [4.78, 5) is 11.0. The van der Waals surface area contributed by atoms with Crippen molar-refractivity contribution in [3.63, 3.8) is 0 Å². The highest BCUT2D eigenvalue weighted by Crippen LogP contribution is 2.11. The van der Waals surface area contributed by atoms with E-state index < -0.39 is 0 Å². The monoisotopic (exact) mass is 243 g/mol. The minimum Gasteiger partial charge on any atom is -0.359 e. The van der Waals surface area contributed by atoms with Crippen molar-refractivity contribution < 1.29 is 6.22 Å². The molecule has 0 heterocycles. The van der Waals surface area contributed by atoms with Crippen LogP contribution >= 0.6 is 0 Å². The average Bonchev–Trinajstić information content (AvgIpc) is 2.35. The Morgan fingerprint density at radius 3 is 1.65 bits per heavy atom. The number of amides is 1. The summed E-state index contributed by atoms with van der Waals surface area (Å²) in [6.45, 7) is 2.26. The Morgan fingerprint density at radius 1 is 0.824 bits per heavy atom. The standard InChI is InChI=1S/C15H31NO.H2/c1-3-4-5-6-7-8-9-10-11-12-13-14-15(17)16-2;/h3-14H2,1-2H3,(H,16,17);1H. The Balaban J connectivity index is 0. The lowest BCUT2D eigenvalue weighted by atomic mass is 10.1. The highest BCUT2D eigenvalue weighted by atomic mass is 16.1. The van der Waals surface area contributed by atoms with Crippen molar-refractivity contribution in [1.82, 2.24) is 5.32 Å². The maximum Gasteiger partial charge on any atom is 0.219 e. The minimum atomic E-state index is 0. The lowest BCUT2D eigenvalue weighted by Gasteiger charge is -2.02. The van der Waals surface area contributed by atoms with E-state index in [2.05, 4.69) is 12.2 Å². The zero-order chi connectivity index (χ0) is 12.8. The third-order valence-corrected chi connectivity index (χ3v) is 3.29. The average molecular weight is 243 g/mol. The summed E-state index contributed by atoms with van der Waals surface area (Å²) in [5, 5.41) is 2.66. The van der Waals surface area contributed by atoms with Crippen molar-refractivity contribution >= 4 is 5.91 Å².